The van der Waals surface area contributed by atoms with E-state index >= 15 is 0 Å². The van der Waals surface area contributed by atoms with Crippen LogP contribution in [-0.4, -0.2) is 34.5 Å². The fourth-order valence-electron chi connectivity index (χ4n) is 3.36. The van der Waals surface area contributed by atoms with Crippen molar-refractivity contribution in [1.29, 1.82) is 0 Å². The molecular formula is C21H22ClFN4O3. The lowest BCUT2D eigenvalue weighted by Gasteiger charge is -2.31. The number of amides is 1. The quantitative estimate of drug-likeness (QED) is 0.422. The van der Waals surface area contributed by atoms with Crippen molar-refractivity contribution in [2.45, 2.75) is 26.3 Å². The molecule has 1 aliphatic heterocycles. The number of hydrogen-bond donors (Lipinski definition) is 1. The van der Waals surface area contributed by atoms with E-state index in [1.54, 1.807) is 25.1 Å². The van der Waals surface area contributed by atoms with Crippen LogP contribution in [0, 0.1) is 21.8 Å². The first kappa shape index (κ1) is 21.9. The first-order chi connectivity index (χ1) is 14.3. The minimum absolute atomic E-state index is 0.00395. The van der Waals surface area contributed by atoms with Gasteiger partial charge in [-0.1, -0.05) is 17.7 Å². The molecule has 158 valence electrons. The zero-order chi connectivity index (χ0) is 21.7. The van der Waals surface area contributed by atoms with Crippen LogP contribution in [0.3, 0.4) is 0 Å². The SMILES string of the molecule is C/C(=N\NC(=O)C1CCN(Cc2ccc(F)cc2Cl)CC1)c1ccc([N+](=O)[O-])cc1. The summed E-state index contributed by atoms with van der Waals surface area (Å²) in [6, 6.07) is 10.4. The third-order valence-corrected chi connectivity index (χ3v) is 5.55. The third kappa shape index (κ3) is 5.61. The third-order valence-electron chi connectivity index (χ3n) is 5.20. The second-order valence-corrected chi connectivity index (χ2v) is 7.67. The van der Waals surface area contributed by atoms with E-state index in [9.17, 15) is 19.3 Å². The van der Waals surface area contributed by atoms with E-state index < -0.39 is 4.92 Å². The molecule has 7 nitrogen and oxygen atoms in total. The van der Waals surface area contributed by atoms with E-state index in [4.69, 9.17) is 11.6 Å². The van der Waals surface area contributed by atoms with Crippen LogP contribution in [0.2, 0.25) is 5.02 Å². The number of nitro benzene ring substituents is 1. The molecule has 1 aliphatic rings. The van der Waals surface area contributed by atoms with Gasteiger partial charge < -0.3 is 0 Å². The highest BCUT2D eigenvalue weighted by molar-refractivity contribution is 6.31. The Kier molecular flexibility index (Phi) is 7.12. The number of hydrazone groups is 1. The van der Waals surface area contributed by atoms with Crippen LogP contribution in [0.4, 0.5) is 10.1 Å². The van der Waals surface area contributed by atoms with Crippen LogP contribution < -0.4 is 5.43 Å². The van der Waals surface area contributed by atoms with Crippen LogP contribution in [0.1, 0.15) is 30.9 Å². The Labute approximate surface area is 178 Å². The van der Waals surface area contributed by atoms with Crippen molar-refractivity contribution >= 4 is 28.9 Å². The second kappa shape index (κ2) is 9.77. The van der Waals surface area contributed by atoms with E-state index in [2.05, 4.69) is 15.4 Å². The van der Waals surface area contributed by atoms with Crippen LogP contribution in [-0.2, 0) is 11.3 Å². The van der Waals surface area contributed by atoms with Gasteiger partial charge >= 0.3 is 0 Å². The molecule has 2 aromatic carbocycles. The minimum atomic E-state index is -0.464. The van der Waals surface area contributed by atoms with Gasteiger partial charge in [0.05, 0.1) is 10.6 Å². The van der Waals surface area contributed by atoms with Gasteiger partial charge in [-0.3, -0.25) is 19.8 Å². The summed E-state index contributed by atoms with van der Waals surface area (Å²) in [5.74, 6) is -0.641. The number of carbonyl (C=O) groups excluding carboxylic acids is 1. The maximum atomic E-state index is 13.2. The van der Waals surface area contributed by atoms with Crippen LogP contribution >= 0.6 is 11.6 Å². The van der Waals surface area contributed by atoms with Gasteiger partial charge in [-0.2, -0.15) is 5.10 Å². The molecule has 0 unspecified atom stereocenters. The fourth-order valence-corrected chi connectivity index (χ4v) is 3.59. The number of nitrogens with one attached hydrogen (secondary N) is 1. The van der Waals surface area contributed by atoms with E-state index in [1.165, 1.54) is 24.3 Å². The fraction of sp³-hybridized carbons (Fsp3) is 0.333. The molecule has 0 spiro atoms. The highest BCUT2D eigenvalue weighted by Crippen LogP contribution is 2.23. The molecule has 0 atom stereocenters. The summed E-state index contributed by atoms with van der Waals surface area (Å²) in [6.45, 7) is 3.81. The summed E-state index contributed by atoms with van der Waals surface area (Å²) in [5.41, 5.74) is 4.74. The van der Waals surface area contributed by atoms with Gasteiger partial charge in [0.1, 0.15) is 5.82 Å². The Morgan fingerprint density at radius 2 is 1.93 bits per heavy atom. The Morgan fingerprint density at radius 1 is 1.27 bits per heavy atom. The van der Waals surface area contributed by atoms with E-state index in [-0.39, 0.29) is 23.3 Å². The van der Waals surface area contributed by atoms with Gasteiger partial charge in [0.15, 0.2) is 0 Å². The van der Waals surface area contributed by atoms with Gasteiger partial charge in [0.25, 0.3) is 5.69 Å². The van der Waals surface area contributed by atoms with E-state index in [0.717, 1.165) is 18.7 Å². The van der Waals surface area contributed by atoms with E-state index in [1.807, 2.05) is 0 Å². The standard InChI is InChI=1S/C21H22ClFN4O3/c1-14(15-3-6-19(7-4-15)27(29)30)24-25-21(28)16-8-10-26(11-9-16)13-17-2-5-18(23)12-20(17)22/h2-7,12,16H,8-11,13H2,1H3,(H,25,28)/b24-14+. The molecule has 0 aliphatic carbocycles. The number of likely N-dealkylation sites (tertiary alicyclic amines) is 1. The molecule has 9 heteroatoms. The normalized spacial score (nSPS) is 15.8. The maximum Gasteiger partial charge on any atom is 0.269 e. The molecule has 0 radical (unpaired) electrons. The zero-order valence-electron chi connectivity index (χ0n) is 16.5. The summed E-state index contributed by atoms with van der Waals surface area (Å²) in [7, 11) is 0. The van der Waals surface area contributed by atoms with Crippen molar-refractivity contribution in [3.63, 3.8) is 0 Å². The number of non-ortho nitro benzene ring substituents is 1. The Morgan fingerprint density at radius 3 is 2.53 bits per heavy atom. The van der Waals surface area contributed by atoms with Crippen molar-refractivity contribution in [2.75, 3.05) is 13.1 Å². The summed E-state index contributed by atoms with van der Waals surface area (Å²) >= 11 is 6.09. The van der Waals surface area contributed by atoms with Crippen LogP contribution in [0.5, 0.6) is 0 Å². The number of rotatable bonds is 6. The van der Waals surface area contributed by atoms with Gasteiger partial charge in [-0.15, -0.1) is 0 Å². The molecule has 1 saturated heterocycles. The van der Waals surface area contributed by atoms with Gasteiger partial charge in [0, 0.05) is 29.6 Å². The number of hydrogen-bond acceptors (Lipinski definition) is 5. The van der Waals surface area contributed by atoms with E-state index in [0.29, 0.717) is 35.7 Å². The van der Waals surface area contributed by atoms with Crippen LogP contribution in [0.25, 0.3) is 0 Å². The molecule has 1 fully saturated rings. The number of halogens is 2. The second-order valence-electron chi connectivity index (χ2n) is 7.26. The number of piperidine rings is 1. The molecule has 30 heavy (non-hydrogen) atoms. The molecule has 0 bridgehead atoms. The topological polar surface area (TPSA) is 87.8 Å². The molecule has 0 aromatic heterocycles. The van der Waals surface area contributed by atoms with Gasteiger partial charge in [-0.05, 0) is 68.2 Å². The maximum absolute atomic E-state index is 13.2. The smallest absolute Gasteiger partial charge is 0.269 e. The average molecular weight is 433 g/mol. The molecule has 0 saturated carbocycles. The molecule has 1 heterocycles. The van der Waals surface area contributed by atoms with Gasteiger partial charge in [0.2, 0.25) is 5.91 Å². The Balaban J connectivity index is 1.50. The molecular weight excluding hydrogens is 411 g/mol. The molecule has 1 amide bonds. The number of benzene rings is 2. The molecule has 2 aromatic rings. The summed E-state index contributed by atoms with van der Waals surface area (Å²) in [5, 5.41) is 15.3. The summed E-state index contributed by atoms with van der Waals surface area (Å²) in [4.78, 5) is 24.9. The molecule has 3 rings (SSSR count). The highest BCUT2D eigenvalue weighted by Gasteiger charge is 2.25. The lowest BCUT2D eigenvalue weighted by atomic mass is 9.96. The number of nitro groups is 1. The Bertz CT molecular complexity index is 957. The first-order valence-corrected chi connectivity index (χ1v) is 9.96. The van der Waals surface area contributed by atoms with Crippen molar-refractivity contribution < 1.29 is 14.1 Å². The number of carbonyl (C=O) groups is 1. The van der Waals surface area contributed by atoms with Crippen LogP contribution in [0.15, 0.2) is 47.6 Å². The molecule has 1 N–H and O–H groups in total. The monoisotopic (exact) mass is 432 g/mol. The predicted octanol–water partition coefficient (Wildman–Crippen LogP) is 4.14. The lowest BCUT2D eigenvalue weighted by molar-refractivity contribution is -0.384. The Hall–Kier alpha value is -2.84. The summed E-state index contributed by atoms with van der Waals surface area (Å²) in [6.07, 6.45) is 1.38. The first-order valence-electron chi connectivity index (χ1n) is 9.58. The number of nitrogens with zero attached hydrogens (tertiary/aromatic N) is 3. The lowest BCUT2D eigenvalue weighted by Crippen LogP contribution is -2.39. The average Bonchev–Trinajstić information content (AvgIpc) is 2.74. The van der Waals surface area contributed by atoms with Crippen molar-refractivity contribution in [1.82, 2.24) is 10.3 Å². The highest BCUT2D eigenvalue weighted by atomic mass is 35.5. The van der Waals surface area contributed by atoms with Crippen molar-refractivity contribution in [3.05, 3.63) is 74.5 Å². The predicted molar refractivity (Wildman–Crippen MR) is 113 cm³/mol. The zero-order valence-corrected chi connectivity index (χ0v) is 17.2. The van der Waals surface area contributed by atoms with Crippen molar-refractivity contribution in [3.8, 4) is 0 Å². The largest absolute Gasteiger partial charge is 0.299 e. The van der Waals surface area contributed by atoms with Crippen molar-refractivity contribution in [2.24, 2.45) is 11.0 Å². The summed E-state index contributed by atoms with van der Waals surface area (Å²) < 4.78 is 13.2. The minimum Gasteiger partial charge on any atom is -0.299 e. The van der Waals surface area contributed by atoms with Gasteiger partial charge in [-0.25, -0.2) is 9.82 Å².